The average molecular weight is 353 g/mol. The summed E-state index contributed by atoms with van der Waals surface area (Å²) < 4.78 is 14.2. The monoisotopic (exact) mass is 352 g/mol. The zero-order valence-corrected chi connectivity index (χ0v) is 12.6. The number of amides is 1. The number of carbonyl (C=O) groups is 1. The molecule has 0 spiro atoms. The highest BCUT2D eigenvalue weighted by Crippen LogP contribution is 2.18. The first kappa shape index (κ1) is 14.6. The van der Waals surface area contributed by atoms with Crippen molar-refractivity contribution < 1.29 is 9.18 Å². The van der Waals surface area contributed by atoms with Gasteiger partial charge in [0.2, 0.25) is 0 Å². The van der Waals surface area contributed by atoms with Gasteiger partial charge in [-0.1, -0.05) is 40.3 Å². The number of nitrogens with two attached hydrogens (primary N) is 1. The van der Waals surface area contributed by atoms with Crippen LogP contribution in [-0.2, 0) is 0 Å². The van der Waals surface area contributed by atoms with E-state index in [4.69, 9.17) is 18.0 Å². The zero-order valence-electron chi connectivity index (χ0n) is 10.2. The van der Waals surface area contributed by atoms with Crippen LogP contribution in [0.5, 0.6) is 0 Å². The number of nitrogens with one attached hydrogen (secondary N) is 1. The Morgan fingerprint density at radius 2 is 2.00 bits per heavy atom. The number of hydrogen-bond acceptors (Lipinski definition) is 2. The summed E-state index contributed by atoms with van der Waals surface area (Å²) in [7, 11) is 0. The van der Waals surface area contributed by atoms with E-state index in [0.29, 0.717) is 15.7 Å². The van der Waals surface area contributed by atoms with Gasteiger partial charge in [-0.15, -0.1) is 0 Å². The highest BCUT2D eigenvalue weighted by molar-refractivity contribution is 9.10. The summed E-state index contributed by atoms with van der Waals surface area (Å²) >= 11 is 8.07. The molecule has 102 valence electrons. The number of thiocarbonyl (C=S) groups is 1. The van der Waals surface area contributed by atoms with Crippen LogP contribution in [0, 0.1) is 5.82 Å². The van der Waals surface area contributed by atoms with E-state index in [0.717, 1.165) is 0 Å². The van der Waals surface area contributed by atoms with Crippen LogP contribution in [0.2, 0.25) is 0 Å². The van der Waals surface area contributed by atoms with E-state index in [9.17, 15) is 9.18 Å². The average Bonchev–Trinajstić information content (AvgIpc) is 2.41. The third-order valence-corrected chi connectivity index (χ3v) is 3.31. The van der Waals surface area contributed by atoms with Gasteiger partial charge in [0.1, 0.15) is 10.8 Å². The van der Waals surface area contributed by atoms with Crippen LogP contribution in [-0.4, -0.2) is 10.9 Å². The van der Waals surface area contributed by atoms with Crippen LogP contribution < -0.4 is 11.1 Å². The van der Waals surface area contributed by atoms with Crippen LogP contribution in [0.3, 0.4) is 0 Å². The molecule has 0 bridgehead atoms. The summed E-state index contributed by atoms with van der Waals surface area (Å²) in [5, 5.41) is 2.61. The highest BCUT2D eigenvalue weighted by Gasteiger charge is 2.12. The lowest BCUT2D eigenvalue weighted by Crippen LogP contribution is -2.15. The molecule has 2 rings (SSSR count). The molecule has 0 aromatic heterocycles. The van der Waals surface area contributed by atoms with E-state index in [2.05, 4.69) is 21.2 Å². The summed E-state index contributed by atoms with van der Waals surface area (Å²) in [6.45, 7) is 0. The minimum Gasteiger partial charge on any atom is -0.389 e. The molecule has 0 unspecified atom stereocenters. The predicted molar refractivity (Wildman–Crippen MR) is 84.4 cm³/mol. The fourth-order valence-electron chi connectivity index (χ4n) is 1.62. The molecule has 2 aromatic carbocycles. The Labute approximate surface area is 129 Å². The lowest BCUT2D eigenvalue weighted by atomic mass is 10.1. The maximum atomic E-state index is 13.6. The maximum absolute atomic E-state index is 13.6. The Bertz CT molecular complexity index is 691. The first-order valence-electron chi connectivity index (χ1n) is 5.63. The molecule has 0 saturated carbocycles. The Hall–Kier alpha value is -1.79. The summed E-state index contributed by atoms with van der Waals surface area (Å²) in [5.41, 5.74) is 6.61. The Kier molecular flexibility index (Phi) is 4.46. The van der Waals surface area contributed by atoms with Crippen molar-refractivity contribution in [1.29, 1.82) is 0 Å². The number of benzene rings is 2. The second-order valence-electron chi connectivity index (χ2n) is 4.02. The summed E-state index contributed by atoms with van der Waals surface area (Å²) in [4.78, 5) is 12.3. The Balaban J connectivity index is 2.25. The third-order valence-electron chi connectivity index (χ3n) is 2.58. The smallest absolute Gasteiger partial charge is 0.258 e. The molecule has 0 atom stereocenters. The third kappa shape index (κ3) is 3.40. The maximum Gasteiger partial charge on any atom is 0.258 e. The standard InChI is InChI=1S/C14H10BrFN2OS/c15-9-4-5-12(16)11(7-9)14(19)18-10-3-1-2-8(6-10)13(17)20/h1-7H,(H2,17,20)(H,18,19). The van der Waals surface area contributed by atoms with Crippen molar-refractivity contribution in [2.45, 2.75) is 0 Å². The molecule has 0 aliphatic heterocycles. The molecule has 6 heteroatoms. The van der Waals surface area contributed by atoms with E-state index >= 15 is 0 Å². The van der Waals surface area contributed by atoms with Crippen molar-refractivity contribution in [3.05, 3.63) is 63.9 Å². The molecular weight excluding hydrogens is 343 g/mol. The molecular formula is C14H10BrFN2OS. The van der Waals surface area contributed by atoms with E-state index in [1.807, 2.05) is 0 Å². The number of carbonyl (C=O) groups excluding carboxylic acids is 1. The van der Waals surface area contributed by atoms with Gasteiger partial charge in [-0.2, -0.15) is 0 Å². The number of anilines is 1. The topological polar surface area (TPSA) is 55.1 Å². The van der Waals surface area contributed by atoms with Crippen molar-refractivity contribution in [3.63, 3.8) is 0 Å². The van der Waals surface area contributed by atoms with E-state index in [1.54, 1.807) is 24.3 Å². The zero-order chi connectivity index (χ0) is 14.7. The first-order valence-corrected chi connectivity index (χ1v) is 6.84. The van der Waals surface area contributed by atoms with Gasteiger partial charge in [-0.25, -0.2) is 4.39 Å². The highest BCUT2D eigenvalue weighted by atomic mass is 79.9. The fourth-order valence-corrected chi connectivity index (χ4v) is 2.11. The molecule has 0 saturated heterocycles. The Morgan fingerprint density at radius 3 is 2.70 bits per heavy atom. The van der Waals surface area contributed by atoms with E-state index < -0.39 is 11.7 Å². The second kappa shape index (κ2) is 6.11. The van der Waals surface area contributed by atoms with Crippen molar-refractivity contribution in [3.8, 4) is 0 Å². The number of hydrogen-bond donors (Lipinski definition) is 2. The molecule has 1 amide bonds. The molecule has 0 aliphatic rings. The van der Waals surface area contributed by atoms with Crippen LogP contribution in [0.1, 0.15) is 15.9 Å². The Morgan fingerprint density at radius 1 is 1.25 bits per heavy atom. The minimum absolute atomic E-state index is 0.0416. The van der Waals surface area contributed by atoms with Gasteiger partial charge >= 0.3 is 0 Å². The fraction of sp³-hybridized carbons (Fsp3) is 0. The predicted octanol–water partition coefficient (Wildman–Crippen LogP) is 3.47. The molecule has 0 aliphatic carbocycles. The van der Waals surface area contributed by atoms with Gasteiger partial charge in [0, 0.05) is 15.7 Å². The number of halogens is 2. The van der Waals surface area contributed by atoms with Crippen molar-refractivity contribution >= 4 is 44.7 Å². The van der Waals surface area contributed by atoms with Gasteiger partial charge < -0.3 is 11.1 Å². The van der Waals surface area contributed by atoms with Crippen molar-refractivity contribution in [2.24, 2.45) is 5.73 Å². The first-order chi connectivity index (χ1) is 9.47. The molecule has 0 radical (unpaired) electrons. The lowest BCUT2D eigenvalue weighted by molar-refractivity contribution is 0.102. The number of rotatable bonds is 3. The molecule has 3 nitrogen and oxygen atoms in total. The van der Waals surface area contributed by atoms with E-state index in [-0.39, 0.29) is 10.6 Å². The van der Waals surface area contributed by atoms with Crippen LogP contribution in [0.4, 0.5) is 10.1 Å². The van der Waals surface area contributed by atoms with Gasteiger partial charge in [0.05, 0.1) is 5.56 Å². The largest absolute Gasteiger partial charge is 0.389 e. The second-order valence-corrected chi connectivity index (χ2v) is 5.38. The van der Waals surface area contributed by atoms with Crippen LogP contribution >= 0.6 is 28.1 Å². The normalized spacial score (nSPS) is 10.1. The van der Waals surface area contributed by atoms with E-state index in [1.165, 1.54) is 18.2 Å². The summed E-state index contributed by atoms with van der Waals surface area (Å²) in [6.07, 6.45) is 0. The van der Waals surface area contributed by atoms with Crippen LogP contribution in [0.15, 0.2) is 46.9 Å². The van der Waals surface area contributed by atoms with Gasteiger partial charge in [0.25, 0.3) is 5.91 Å². The van der Waals surface area contributed by atoms with Gasteiger partial charge in [0.15, 0.2) is 0 Å². The summed E-state index contributed by atoms with van der Waals surface area (Å²) in [5.74, 6) is -1.12. The van der Waals surface area contributed by atoms with Crippen molar-refractivity contribution in [2.75, 3.05) is 5.32 Å². The minimum atomic E-state index is -0.587. The molecule has 2 aromatic rings. The quantitative estimate of drug-likeness (QED) is 0.831. The van der Waals surface area contributed by atoms with Crippen molar-refractivity contribution in [1.82, 2.24) is 0 Å². The van der Waals surface area contributed by atoms with Gasteiger partial charge in [-0.05, 0) is 30.3 Å². The van der Waals surface area contributed by atoms with Crippen LogP contribution in [0.25, 0.3) is 0 Å². The molecule has 20 heavy (non-hydrogen) atoms. The SMILES string of the molecule is NC(=S)c1cccc(NC(=O)c2cc(Br)ccc2F)c1. The molecule has 3 N–H and O–H groups in total. The lowest BCUT2D eigenvalue weighted by Gasteiger charge is -2.08. The van der Waals surface area contributed by atoms with Gasteiger partial charge in [-0.3, -0.25) is 4.79 Å². The molecule has 0 fully saturated rings. The molecule has 0 heterocycles. The summed E-state index contributed by atoms with van der Waals surface area (Å²) in [6, 6.07) is 10.9.